The number of hydrogen-bond donors (Lipinski definition) is 0. The Kier molecular flexibility index (Phi) is 5.28. The molecule has 2 aromatic rings. The van der Waals surface area contributed by atoms with Crippen LogP contribution < -0.4 is 9.47 Å². The number of rotatable bonds is 5. The third kappa shape index (κ3) is 4.16. The van der Waals surface area contributed by atoms with E-state index in [9.17, 15) is 18.0 Å². The zero-order valence-electron chi connectivity index (χ0n) is 13.1. The highest BCUT2D eigenvalue weighted by Gasteiger charge is 2.29. The fourth-order valence-corrected chi connectivity index (χ4v) is 2.04. The van der Waals surface area contributed by atoms with Crippen molar-refractivity contribution in [3.63, 3.8) is 0 Å². The molecule has 0 heterocycles. The van der Waals surface area contributed by atoms with Crippen molar-refractivity contribution in [2.45, 2.75) is 6.18 Å². The van der Waals surface area contributed by atoms with E-state index in [1.165, 1.54) is 44.6 Å². The topological polar surface area (TPSA) is 35.5 Å². The molecule has 3 nitrogen and oxygen atoms in total. The van der Waals surface area contributed by atoms with E-state index in [1.54, 1.807) is 12.1 Å². The summed E-state index contributed by atoms with van der Waals surface area (Å²) in [7, 11) is 2.95. The number of alkyl halides is 3. The smallest absolute Gasteiger partial charge is 0.416 e. The number of methoxy groups -OCH3 is 2. The molecule has 0 aromatic heterocycles. The minimum Gasteiger partial charge on any atom is -0.493 e. The lowest BCUT2D eigenvalue weighted by Crippen LogP contribution is -2.04. The zero-order valence-corrected chi connectivity index (χ0v) is 13.1. The fraction of sp³-hybridized carbons (Fsp3) is 0.167. The number of allylic oxidation sites excluding steroid dienone is 1. The molecule has 0 unspecified atom stereocenters. The summed E-state index contributed by atoms with van der Waals surface area (Å²) in [6.45, 7) is 0. The summed E-state index contributed by atoms with van der Waals surface area (Å²) in [5, 5.41) is 0. The lowest BCUT2D eigenvalue weighted by molar-refractivity contribution is -0.137. The largest absolute Gasteiger partial charge is 0.493 e. The summed E-state index contributed by atoms with van der Waals surface area (Å²) in [5.74, 6) is 0.628. The molecule has 0 aliphatic rings. The Morgan fingerprint density at radius 2 is 1.58 bits per heavy atom. The van der Waals surface area contributed by atoms with Gasteiger partial charge in [0.1, 0.15) is 0 Å². The predicted octanol–water partition coefficient (Wildman–Crippen LogP) is 4.62. The first-order valence-electron chi connectivity index (χ1n) is 6.97. The van der Waals surface area contributed by atoms with Crippen molar-refractivity contribution in [3.8, 4) is 11.5 Å². The maximum Gasteiger partial charge on any atom is 0.416 e. The van der Waals surface area contributed by atoms with E-state index < -0.39 is 11.7 Å². The molecule has 0 radical (unpaired) electrons. The minimum atomic E-state index is -4.38. The molecule has 0 N–H and O–H groups in total. The van der Waals surface area contributed by atoms with Gasteiger partial charge in [-0.1, -0.05) is 18.2 Å². The van der Waals surface area contributed by atoms with Gasteiger partial charge in [-0.15, -0.1) is 0 Å². The van der Waals surface area contributed by atoms with Crippen LogP contribution in [0.3, 0.4) is 0 Å². The predicted molar refractivity (Wildman–Crippen MR) is 84.4 cm³/mol. The summed E-state index contributed by atoms with van der Waals surface area (Å²) >= 11 is 0. The molecule has 0 bridgehead atoms. The number of hydrogen-bond acceptors (Lipinski definition) is 3. The van der Waals surface area contributed by atoms with Crippen LogP contribution in [0, 0.1) is 0 Å². The Morgan fingerprint density at radius 1 is 0.958 bits per heavy atom. The maximum atomic E-state index is 12.5. The molecule has 0 fully saturated rings. The van der Waals surface area contributed by atoms with E-state index >= 15 is 0 Å². The van der Waals surface area contributed by atoms with Gasteiger partial charge >= 0.3 is 6.18 Å². The Morgan fingerprint density at radius 3 is 2.12 bits per heavy atom. The van der Waals surface area contributed by atoms with Crippen molar-refractivity contribution >= 4 is 11.9 Å². The highest BCUT2D eigenvalue weighted by Crippen LogP contribution is 2.29. The Labute approximate surface area is 137 Å². The van der Waals surface area contributed by atoms with Crippen LogP contribution in [0.5, 0.6) is 11.5 Å². The summed E-state index contributed by atoms with van der Waals surface area (Å²) in [6, 6.07) is 9.29. The Balaban J connectivity index is 2.15. The van der Waals surface area contributed by atoms with E-state index in [0.29, 0.717) is 22.6 Å². The Bertz CT molecular complexity index is 747. The number of ketones is 1. The van der Waals surface area contributed by atoms with Crippen LogP contribution in [-0.2, 0) is 6.18 Å². The van der Waals surface area contributed by atoms with Crippen LogP contribution in [0.2, 0.25) is 0 Å². The van der Waals surface area contributed by atoms with E-state index in [4.69, 9.17) is 9.47 Å². The van der Waals surface area contributed by atoms with Gasteiger partial charge in [0, 0.05) is 5.56 Å². The van der Waals surface area contributed by atoms with Gasteiger partial charge in [-0.2, -0.15) is 13.2 Å². The molecule has 0 amide bonds. The normalized spacial score (nSPS) is 11.5. The standard InChI is InChI=1S/C18H15F3O3/c1-23-16-10-6-13(11-17(16)24-2)15(22)9-5-12-3-7-14(8-4-12)18(19,20)21/h3-11H,1-2H3. The number of carbonyl (C=O) groups excluding carboxylic acids is 1. The summed E-state index contributed by atoms with van der Waals surface area (Å²) in [5.41, 5.74) is 0.151. The summed E-state index contributed by atoms with van der Waals surface area (Å²) < 4.78 is 47.7. The van der Waals surface area contributed by atoms with E-state index in [1.807, 2.05) is 0 Å². The molecule has 0 aliphatic carbocycles. The number of carbonyl (C=O) groups is 1. The Hall–Kier alpha value is -2.76. The van der Waals surface area contributed by atoms with Gasteiger partial charge in [0.05, 0.1) is 19.8 Å². The van der Waals surface area contributed by atoms with Crippen LogP contribution in [0.15, 0.2) is 48.5 Å². The highest BCUT2D eigenvalue weighted by molar-refractivity contribution is 6.07. The molecule has 24 heavy (non-hydrogen) atoms. The van der Waals surface area contributed by atoms with E-state index in [-0.39, 0.29) is 5.78 Å². The molecular weight excluding hydrogens is 321 g/mol. The maximum absolute atomic E-state index is 12.5. The minimum absolute atomic E-state index is 0.296. The van der Waals surface area contributed by atoms with Crippen molar-refractivity contribution in [3.05, 3.63) is 65.2 Å². The van der Waals surface area contributed by atoms with Gasteiger partial charge in [0.2, 0.25) is 0 Å². The quantitative estimate of drug-likeness (QED) is 0.590. The lowest BCUT2D eigenvalue weighted by atomic mass is 10.1. The van der Waals surface area contributed by atoms with Crippen molar-refractivity contribution in [1.29, 1.82) is 0 Å². The van der Waals surface area contributed by atoms with Gasteiger partial charge in [-0.25, -0.2) is 0 Å². The third-order valence-corrected chi connectivity index (χ3v) is 3.33. The average Bonchev–Trinajstić information content (AvgIpc) is 2.58. The molecule has 0 atom stereocenters. The second-order valence-electron chi connectivity index (χ2n) is 4.89. The van der Waals surface area contributed by atoms with Gasteiger partial charge < -0.3 is 9.47 Å². The molecule has 2 rings (SSSR count). The first kappa shape index (κ1) is 17.6. The van der Waals surface area contributed by atoms with E-state index in [2.05, 4.69) is 0 Å². The SMILES string of the molecule is COc1ccc(C(=O)C=Cc2ccc(C(F)(F)F)cc2)cc1OC. The van der Waals surface area contributed by atoms with Gasteiger partial charge in [0.15, 0.2) is 17.3 Å². The molecule has 6 heteroatoms. The van der Waals surface area contributed by atoms with Crippen LogP contribution >= 0.6 is 0 Å². The van der Waals surface area contributed by atoms with E-state index in [0.717, 1.165) is 12.1 Å². The second-order valence-corrected chi connectivity index (χ2v) is 4.89. The van der Waals surface area contributed by atoms with Crippen LogP contribution in [-0.4, -0.2) is 20.0 Å². The second kappa shape index (κ2) is 7.21. The van der Waals surface area contributed by atoms with Gasteiger partial charge in [0.25, 0.3) is 0 Å². The summed E-state index contributed by atoms with van der Waals surface area (Å²) in [4.78, 5) is 12.1. The molecule has 0 aliphatic heterocycles. The molecule has 0 saturated carbocycles. The van der Waals surface area contributed by atoms with Gasteiger partial charge in [-0.05, 0) is 42.0 Å². The number of ether oxygens (including phenoxy) is 2. The van der Waals surface area contributed by atoms with Gasteiger partial charge in [-0.3, -0.25) is 4.79 Å². The molecule has 0 spiro atoms. The van der Waals surface area contributed by atoms with Crippen molar-refractivity contribution in [2.24, 2.45) is 0 Å². The average molecular weight is 336 g/mol. The first-order chi connectivity index (χ1) is 11.3. The fourth-order valence-electron chi connectivity index (χ4n) is 2.04. The molecule has 2 aromatic carbocycles. The summed E-state index contributed by atoms with van der Waals surface area (Å²) in [6.07, 6.45) is -1.62. The monoisotopic (exact) mass is 336 g/mol. The van der Waals surface area contributed by atoms with Crippen molar-refractivity contribution in [1.82, 2.24) is 0 Å². The highest BCUT2D eigenvalue weighted by atomic mass is 19.4. The molecule has 126 valence electrons. The molecule has 0 saturated heterocycles. The van der Waals surface area contributed by atoms with Crippen LogP contribution in [0.25, 0.3) is 6.08 Å². The van der Waals surface area contributed by atoms with Crippen molar-refractivity contribution in [2.75, 3.05) is 14.2 Å². The molecular formula is C18H15F3O3. The number of benzene rings is 2. The van der Waals surface area contributed by atoms with Crippen molar-refractivity contribution < 1.29 is 27.4 Å². The third-order valence-electron chi connectivity index (χ3n) is 3.33. The van der Waals surface area contributed by atoms with Crippen LogP contribution in [0.1, 0.15) is 21.5 Å². The number of halogens is 3. The lowest BCUT2D eigenvalue weighted by Gasteiger charge is -2.08. The van der Waals surface area contributed by atoms with Crippen LogP contribution in [0.4, 0.5) is 13.2 Å². The first-order valence-corrected chi connectivity index (χ1v) is 6.97. The zero-order chi connectivity index (χ0) is 17.7.